The fourth-order valence-corrected chi connectivity index (χ4v) is 2.77. The molecule has 0 aliphatic carbocycles. The number of oxazole rings is 1. The molecule has 0 saturated carbocycles. The first-order valence-corrected chi connectivity index (χ1v) is 6.70. The van der Waals surface area contributed by atoms with Crippen LogP contribution < -0.4 is 10.6 Å². The molecule has 17 heavy (non-hydrogen) atoms. The number of hydrogen-bond acceptors (Lipinski definition) is 4. The Kier molecular flexibility index (Phi) is 3.16. The highest BCUT2D eigenvalue weighted by Crippen LogP contribution is 2.28. The Bertz CT molecular complexity index is 378. The third kappa shape index (κ3) is 2.38. The van der Waals surface area contributed by atoms with E-state index in [1.54, 1.807) is 0 Å². The van der Waals surface area contributed by atoms with Gasteiger partial charge in [-0.2, -0.15) is 0 Å². The average Bonchev–Trinajstić information content (AvgIpc) is 2.66. The van der Waals surface area contributed by atoms with Crippen molar-refractivity contribution < 1.29 is 4.42 Å². The smallest absolute Gasteiger partial charge is 0.194 e. The third-order valence-electron chi connectivity index (χ3n) is 3.93. The molecule has 2 N–H and O–H groups in total. The summed E-state index contributed by atoms with van der Waals surface area (Å²) in [4.78, 5) is 4.73. The topological polar surface area (TPSA) is 50.1 Å². The van der Waals surface area contributed by atoms with Crippen molar-refractivity contribution in [1.82, 2.24) is 15.6 Å². The average molecular weight is 235 g/mol. The summed E-state index contributed by atoms with van der Waals surface area (Å²) in [5, 5.41) is 6.68. The third-order valence-corrected chi connectivity index (χ3v) is 3.93. The molecule has 0 radical (unpaired) electrons. The Morgan fingerprint density at radius 1 is 1.24 bits per heavy atom. The quantitative estimate of drug-likeness (QED) is 0.827. The van der Waals surface area contributed by atoms with Crippen molar-refractivity contribution in [2.45, 2.75) is 32.1 Å². The predicted molar refractivity (Wildman–Crippen MR) is 66.1 cm³/mol. The Morgan fingerprint density at radius 3 is 2.65 bits per heavy atom. The molecule has 4 heteroatoms. The molecule has 2 saturated heterocycles. The maximum Gasteiger partial charge on any atom is 0.194 e. The second-order valence-corrected chi connectivity index (χ2v) is 5.30. The summed E-state index contributed by atoms with van der Waals surface area (Å²) in [5.41, 5.74) is 1.22. The predicted octanol–water partition coefficient (Wildman–Crippen LogP) is 1.21. The van der Waals surface area contributed by atoms with E-state index in [9.17, 15) is 0 Å². The normalized spacial score (nSPS) is 22.6. The molecule has 2 aliphatic heterocycles. The molecule has 1 aromatic heterocycles. The molecule has 0 atom stereocenters. The minimum absolute atomic E-state index is 0.605. The second kappa shape index (κ2) is 4.78. The zero-order valence-electron chi connectivity index (χ0n) is 10.5. The van der Waals surface area contributed by atoms with Crippen LogP contribution in [0.5, 0.6) is 0 Å². The summed E-state index contributed by atoms with van der Waals surface area (Å²) in [6.07, 6.45) is 3.38. The largest absolute Gasteiger partial charge is 0.446 e. The first-order chi connectivity index (χ1) is 8.33. The lowest BCUT2D eigenvalue weighted by Gasteiger charge is -2.25. The van der Waals surface area contributed by atoms with Crippen molar-refractivity contribution in [1.29, 1.82) is 0 Å². The van der Waals surface area contributed by atoms with Crippen LogP contribution in [-0.4, -0.2) is 31.2 Å². The molecule has 3 heterocycles. The molecule has 94 valence electrons. The Morgan fingerprint density at radius 2 is 2.00 bits per heavy atom. The lowest BCUT2D eigenvalue weighted by Crippen LogP contribution is -2.43. The molecule has 2 aliphatic rings. The van der Waals surface area contributed by atoms with Gasteiger partial charge in [0.15, 0.2) is 5.89 Å². The van der Waals surface area contributed by atoms with Crippen LogP contribution in [0.1, 0.15) is 36.1 Å². The number of aryl methyl sites for hydroxylation is 1. The Labute approximate surface area is 102 Å². The van der Waals surface area contributed by atoms with Crippen LogP contribution in [0.15, 0.2) is 4.42 Å². The highest BCUT2D eigenvalue weighted by molar-refractivity contribution is 5.15. The van der Waals surface area contributed by atoms with E-state index in [1.807, 2.05) is 0 Å². The minimum Gasteiger partial charge on any atom is -0.446 e. The van der Waals surface area contributed by atoms with Crippen LogP contribution in [0.3, 0.4) is 0 Å². The maximum absolute atomic E-state index is 5.81. The fourth-order valence-electron chi connectivity index (χ4n) is 2.77. The lowest BCUT2D eigenvalue weighted by atomic mass is 9.94. The molecule has 3 rings (SSSR count). The van der Waals surface area contributed by atoms with Gasteiger partial charge in [0, 0.05) is 12.3 Å². The van der Waals surface area contributed by atoms with E-state index in [0.29, 0.717) is 5.92 Å². The number of aromatic nitrogens is 1. The van der Waals surface area contributed by atoms with Gasteiger partial charge in [-0.15, -0.1) is 0 Å². The molecule has 1 aromatic rings. The van der Waals surface area contributed by atoms with Gasteiger partial charge in [0.25, 0.3) is 0 Å². The zero-order valence-corrected chi connectivity index (χ0v) is 10.5. The van der Waals surface area contributed by atoms with Crippen molar-refractivity contribution in [2.75, 3.05) is 26.2 Å². The van der Waals surface area contributed by atoms with Crippen LogP contribution in [0.25, 0.3) is 0 Å². The van der Waals surface area contributed by atoms with Gasteiger partial charge in [0.2, 0.25) is 0 Å². The molecule has 0 amide bonds. The number of piperidine rings is 1. The minimum atomic E-state index is 0.605. The zero-order chi connectivity index (χ0) is 11.7. The molecule has 0 spiro atoms. The summed E-state index contributed by atoms with van der Waals surface area (Å²) in [7, 11) is 0. The van der Waals surface area contributed by atoms with E-state index in [1.165, 1.54) is 18.5 Å². The molecule has 0 unspecified atom stereocenters. The van der Waals surface area contributed by atoms with Crippen molar-refractivity contribution in [3.8, 4) is 0 Å². The van der Waals surface area contributed by atoms with Crippen LogP contribution in [-0.2, 0) is 6.42 Å². The molecular weight excluding hydrogens is 214 g/mol. The van der Waals surface area contributed by atoms with Crippen molar-refractivity contribution in [2.24, 2.45) is 5.92 Å². The van der Waals surface area contributed by atoms with Crippen LogP contribution in [0.2, 0.25) is 0 Å². The van der Waals surface area contributed by atoms with Gasteiger partial charge < -0.3 is 15.1 Å². The Balaban J connectivity index is 1.70. The van der Waals surface area contributed by atoms with E-state index >= 15 is 0 Å². The summed E-state index contributed by atoms with van der Waals surface area (Å²) >= 11 is 0. The lowest BCUT2D eigenvalue weighted by molar-refractivity contribution is 0.315. The van der Waals surface area contributed by atoms with Gasteiger partial charge in [0.1, 0.15) is 5.76 Å². The summed E-state index contributed by atoms with van der Waals surface area (Å²) in [6.45, 7) is 6.51. The first-order valence-electron chi connectivity index (χ1n) is 6.70. The van der Waals surface area contributed by atoms with Gasteiger partial charge in [-0.25, -0.2) is 4.98 Å². The van der Waals surface area contributed by atoms with E-state index in [2.05, 4.69) is 17.6 Å². The standard InChI is InChI=1S/C13H21N3O/c1-9-13(11-2-4-14-5-3-11)16-12(17-9)6-10-7-15-8-10/h10-11,14-15H,2-8H2,1H3. The molecule has 0 aromatic carbocycles. The number of nitrogens with zero attached hydrogens (tertiary/aromatic N) is 1. The van der Waals surface area contributed by atoms with Crippen molar-refractivity contribution in [3.63, 3.8) is 0 Å². The van der Waals surface area contributed by atoms with Crippen molar-refractivity contribution >= 4 is 0 Å². The summed E-state index contributed by atoms with van der Waals surface area (Å²) in [6, 6.07) is 0. The SMILES string of the molecule is Cc1oc(CC2CNC2)nc1C1CCNCC1. The van der Waals surface area contributed by atoms with Crippen LogP contribution in [0, 0.1) is 12.8 Å². The second-order valence-electron chi connectivity index (χ2n) is 5.30. The monoisotopic (exact) mass is 235 g/mol. The molecular formula is C13H21N3O. The number of nitrogens with one attached hydrogen (secondary N) is 2. The fraction of sp³-hybridized carbons (Fsp3) is 0.769. The van der Waals surface area contributed by atoms with Crippen LogP contribution in [0.4, 0.5) is 0 Å². The van der Waals surface area contributed by atoms with Gasteiger partial charge in [-0.1, -0.05) is 0 Å². The van der Waals surface area contributed by atoms with E-state index in [4.69, 9.17) is 9.40 Å². The van der Waals surface area contributed by atoms with Gasteiger partial charge in [0.05, 0.1) is 5.69 Å². The van der Waals surface area contributed by atoms with Crippen molar-refractivity contribution in [3.05, 3.63) is 17.3 Å². The van der Waals surface area contributed by atoms with Crippen LogP contribution >= 0.6 is 0 Å². The maximum atomic E-state index is 5.81. The first kappa shape index (κ1) is 11.2. The number of hydrogen-bond donors (Lipinski definition) is 2. The highest BCUT2D eigenvalue weighted by Gasteiger charge is 2.24. The van der Waals surface area contributed by atoms with Gasteiger partial charge >= 0.3 is 0 Å². The van der Waals surface area contributed by atoms with Gasteiger partial charge in [-0.3, -0.25) is 0 Å². The summed E-state index contributed by atoms with van der Waals surface area (Å²) in [5.74, 6) is 3.32. The molecule has 4 nitrogen and oxygen atoms in total. The van der Waals surface area contributed by atoms with E-state index in [-0.39, 0.29) is 0 Å². The molecule has 0 bridgehead atoms. The Hall–Kier alpha value is -0.870. The summed E-state index contributed by atoms with van der Waals surface area (Å²) < 4.78 is 5.81. The number of rotatable bonds is 3. The van der Waals surface area contributed by atoms with E-state index in [0.717, 1.165) is 50.2 Å². The molecule has 2 fully saturated rings. The van der Waals surface area contributed by atoms with Gasteiger partial charge in [-0.05, 0) is 51.9 Å². The highest BCUT2D eigenvalue weighted by atomic mass is 16.4. The van der Waals surface area contributed by atoms with E-state index < -0.39 is 0 Å².